The summed E-state index contributed by atoms with van der Waals surface area (Å²) in [6, 6.07) is 0.602. The van der Waals surface area contributed by atoms with Gasteiger partial charge in [0.05, 0.1) is 6.54 Å². The maximum atomic E-state index is 12.0. The van der Waals surface area contributed by atoms with Crippen LogP contribution in [0.5, 0.6) is 0 Å². The molecule has 0 saturated heterocycles. The van der Waals surface area contributed by atoms with Gasteiger partial charge in [-0.3, -0.25) is 9.79 Å². The summed E-state index contributed by atoms with van der Waals surface area (Å²) in [6.45, 7) is 4.21. The summed E-state index contributed by atoms with van der Waals surface area (Å²) in [5, 5.41) is 9.62. The van der Waals surface area contributed by atoms with Gasteiger partial charge in [0.25, 0.3) is 0 Å². The highest BCUT2D eigenvalue weighted by molar-refractivity contribution is 5.80. The second-order valence-corrected chi connectivity index (χ2v) is 5.81. The molecule has 0 aromatic heterocycles. The van der Waals surface area contributed by atoms with Crippen molar-refractivity contribution in [2.24, 2.45) is 10.9 Å². The highest BCUT2D eigenvalue weighted by Gasteiger charge is 2.22. The van der Waals surface area contributed by atoms with E-state index in [1.165, 1.54) is 32.1 Å². The van der Waals surface area contributed by atoms with Crippen LogP contribution in [0, 0.1) is 5.92 Å². The molecular formula is C15H28N4O. The highest BCUT2D eigenvalue weighted by Crippen LogP contribution is 2.23. The van der Waals surface area contributed by atoms with E-state index in [0.717, 1.165) is 25.3 Å². The lowest BCUT2D eigenvalue weighted by Crippen LogP contribution is -2.39. The molecular weight excluding hydrogens is 252 g/mol. The molecule has 0 heterocycles. The van der Waals surface area contributed by atoms with E-state index in [2.05, 4.69) is 27.9 Å². The highest BCUT2D eigenvalue weighted by atomic mass is 16.1. The van der Waals surface area contributed by atoms with E-state index in [9.17, 15) is 4.79 Å². The number of carbonyl (C=O) groups excluding carboxylic acids is 1. The Morgan fingerprint density at radius 3 is 2.50 bits per heavy atom. The first kappa shape index (κ1) is 15.1. The van der Waals surface area contributed by atoms with Crippen molar-refractivity contribution in [3.8, 4) is 0 Å². The Labute approximate surface area is 122 Å². The number of nitrogens with zero attached hydrogens (tertiary/aromatic N) is 1. The van der Waals surface area contributed by atoms with Gasteiger partial charge in [-0.1, -0.05) is 19.3 Å². The van der Waals surface area contributed by atoms with E-state index in [-0.39, 0.29) is 11.8 Å². The first-order chi connectivity index (χ1) is 9.79. The number of hydrogen-bond donors (Lipinski definition) is 3. The molecule has 0 bridgehead atoms. The van der Waals surface area contributed by atoms with Gasteiger partial charge < -0.3 is 16.0 Å². The van der Waals surface area contributed by atoms with Gasteiger partial charge >= 0.3 is 0 Å². The Morgan fingerprint density at radius 1 is 1.10 bits per heavy atom. The minimum Gasteiger partial charge on any atom is -0.357 e. The van der Waals surface area contributed by atoms with E-state index in [4.69, 9.17) is 0 Å². The number of aliphatic imine (C=N–C) groups is 1. The van der Waals surface area contributed by atoms with Crippen molar-refractivity contribution in [3.05, 3.63) is 0 Å². The van der Waals surface area contributed by atoms with Crippen molar-refractivity contribution in [1.29, 1.82) is 0 Å². The maximum Gasteiger partial charge on any atom is 0.223 e. The van der Waals surface area contributed by atoms with Crippen LogP contribution >= 0.6 is 0 Å². The largest absolute Gasteiger partial charge is 0.357 e. The predicted octanol–water partition coefficient (Wildman–Crippen LogP) is 1.40. The molecule has 0 aromatic rings. The third kappa shape index (κ3) is 5.39. The van der Waals surface area contributed by atoms with E-state index in [1.807, 2.05) is 0 Å². The van der Waals surface area contributed by atoms with Crippen LogP contribution in [0.15, 0.2) is 4.99 Å². The van der Waals surface area contributed by atoms with Crippen LogP contribution in [0.3, 0.4) is 0 Å². The first-order valence-electron chi connectivity index (χ1n) is 8.12. The fourth-order valence-corrected chi connectivity index (χ4v) is 2.60. The van der Waals surface area contributed by atoms with Crippen molar-refractivity contribution < 1.29 is 4.79 Å². The molecule has 3 N–H and O–H groups in total. The second-order valence-electron chi connectivity index (χ2n) is 5.81. The molecule has 0 spiro atoms. The maximum absolute atomic E-state index is 12.0. The molecule has 1 amide bonds. The molecule has 5 heteroatoms. The SMILES string of the molecule is CCNC(=NCCNC(=O)C1CCCCC1)NC1CC1. The van der Waals surface area contributed by atoms with E-state index in [1.54, 1.807) is 0 Å². The van der Waals surface area contributed by atoms with Crippen LogP contribution in [0.4, 0.5) is 0 Å². The molecule has 2 aliphatic carbocycles. The number of amides is 1. The minimum absolute atomic E-state index is 0.222. The molecule has 5 nitrogen and oxygen atoms in total. The van der Waals surface area contributed by atoms with E-state index >= 15 is 0 Å². The van der Waals surface area contributed by atoms with E-state index in [0.29, 0.717) is 19.1 Å². The second kappa shape index (κ2) is 8.12. The fraction of sp³-hybridized carbons (Fsp3) is 0.867. The van der Waals surface area contributed by atoms with Gasteiger partial charge in [0.2, 0.25) is 5.91 Å². The van der Waals surface area contributed by atoms with Crippen LogP contribution in [0.2, 0.25) is 0 Å². The molecule has 0 unspecified atom stereocenters. The lowest BCUT2D eigenvalue weighted by atomic mass is 9.89. The monoisotopic (exact) mass is 280 g/mol. The van der Waals surface area contributed by atoms with Crippen LogP contribution in [0.1, 0.15) is 51.9 Å². The summed E-state index contributed by atoms with van der Waals surface area (Å²) < 4.78 is 0. The molecule has 2 aliphatic rings. The van der Waals surface area contributed by atoms with Crippen LogP contribution < -0.4 is 16.0 Å². The Hall–Kier alpha value is -1.26. The standard InChI is InChI=1S/C15H28N4O/c1-2-16-15(19-13-8-9-13)18-11-10-17-14(20)12-6-4-3-5-7-12/h12-13H,2-11H2,1H3,(H,17,20)(H2,16,18,19). The summed E-state index contributed by atoms with van der Waals surface area (Å²) in [5.74, 6) is 1.34. The lowest BCUT2D eigenvalue weighted by Gasteiger charge is -2.20. The number of nitrogens with one attached hydrogen (secondary N) is 3. The van der Waals surface area contributed by atoms with Gasteiger partial charge in [-0.25, -0.2) is 0 Å². The molecule has 2 saturated carbocycles. The summed E-state index contributed by atoms with van der Waals surface area (Å²) in [5.41, 5.74) is 0. The molecule has 114 valence electrons. The van der Waals surface area contributed by atoms with Crippen LogP contribution in [-0.2, 0) is 4.79 Å². The molecule has 2 rings (SSSR count). The third-order valence-corrected chi connectivity index (χ3v) is 3.92. The van der Waals surface area contributed by atoms with Gasteiger partial charge in [0.15, 0.2) is 5.96 Å². The van der Waals surface area contributed by atoms with Gasteiger partial charge in [0, 0.05) is 25.0 Å². The number of carbonyl (C=O) groups is 1. The molecule has 0 aromatic carbocycles. The van der Waals surface area contributed by atoms with Gasteiger partial charge in [-0.05, 0) is 32.6 Å². The Bertz CT molecular complexity index is 333. The Kier molecular flexibility index (Phi) is 6.15. The number of hydrogen-bond acceptors (Lipinski definition) is 2. The smallest absolute Gasteiger partial charge is 0.223 e. The quantitative estimate of drug-likeness (QED) is 0.391. The van der Waals surface area contributed by atoms with Gasteiger partial charge in [0.1, 0.15) is 0 Å². The van der Waals surface area contributed by atoms with Crippen molar-refractivity contribution in [1.82, 2.24) is 16.0 Å². The third-order valence-electron chi connectivity index (χ3n) is 3.92. The fourth-order valence-electron chi connectivity index (χ4n) is 2.60. The number of guanidine groups is 1. The van der Waals surface area contributed by atoms with Crippen LogP contribution in [0.25, 0.3) is 0 Å². The normalized spacial score (nSPS) is 20.6. The van der Waals surface area contributed by atoms with Crippen molar-refractivity contribution in [3.63, 3.8) is 0 Å². The number of rotatable bonds is 6. The van der Waals surface area contributed by atoms with E-state index < -0.39 is 0 Å². The summed E-state index contributed by atoms with van der Waals surface area (Å²) in [7, 11) is 0. The Morgan fingerprint density at radius 2 is 1.85 bits per heavy atom. The zero-order valence-corrected chi connectivity index (χ0v) is 12.6. The topological polar surface area (TPSA) is 65.5 Å². The Balaban J connectivity index is 1.63. The zero-order valence-electron chi connectivity index (χ0n) is 12.6. The first-order valence-corrected chi connectivity index (χ1v) is 8.12. The molecule has 0 aliphatic heterocycles. The van der Waals surface area contributed by atoms with Crippen molar-refractivity contribution in [2.75, 3.05) is 19.6 Å². The molecule has 0 radical (unpaired) electrons. The predicted molar refractivity (Wildman–Crippen MR) is 81.7 cm³/mol. The van der Waals surface area contributed by atoms with Crippen LogP contribution in [-0.4, -0.2) is 37.5 Å². The average molecular weight is 280 g/mol. The van der Waals surface area contributed by atoms with Gasteiger partial charge in [-0.2, -0.15) is 0 Å². The van der Waals surface area contributed by atoms with Gasteiger partial charge in [-0.15, -0.1) is 0 Å². The summed E-state index contributed by atoms with van der Waals surface area (Å²) in [6.07, 6.45) is 8.28. The summed E-state index contributed by atoms with van der Waals surface area (Å²) >= 11 is 0. The molecule has 20 heavy (non-hydrogen) atoms. The molecule has 2 fully saturated rings. The zero-order chi connectivity index (χ0) is 14.2. The van der Waals surface area contributed by atoms with Crippen molar-refractivity contribution in [2.45, 2.75) is 57.9 Å². The lowest BCUT2D eigenvalue weighted by molar-refractivity contribution is -0.125. The average Bonchev–Trinajstić information content (AvgIpc) is 3.28. The molecule has 0 atom stereocenters. The minimum atomic E-state index is 0.222. The van der Waals surface area contributed by atoms with Crippen molar-refractivity contribution >= 4 is 11.9 Å². The summed E-state index contributed by atoms with van der Waals surface area (Å²) in [4.78, 5) is 16.5.